The number of hydrogen-bond acceptors (Lipinski definition) is 5. The molecule has 7 nitrogen and oxygen atoms in total. The number of carbonyl (C=O) groups excluding carboxylic acids is 1. The molecule has 0 aliphatic carbocycles. The fourth-order valence-corrected chi connectivity index (χ4v) is 2.60. The van der Waals surface area contributed by atoms with E-state index < -0.39 is 11.5 Å². The summed E-state index contributed by atoms with van der Waals surface area (Å²) in [6, 6.07) is 7.62. The first-order valence-electron chi connectivity index (χ1n) is 8.67. The Hall–Kier alpha value is -2.38. The molecule has 0 bridgehead atoms. The van der Waals surface area contributed by atoms with E-state index in [-0.39, 0.29) is 17.5 Å². The van der Waals surface area contributed by atoms with Gasteiger partial charge in [0.2, 0.25) is 0 Å². The Morgan fingerprint density at radius 2 is 2.04 bits per heavy atom. The quantitative estimate of drug-likeness (QED) is 0.389. The average Bonchev–Trinajstić information content (AvgIpc) is 2.63. The van der Waals surface area contributed by atoms with E-state index in [0.717, 1.165) is 25.0 Å². The number of amidine groups is 1. The normalized spacial score (nSPS) is 19.3. The molecule has 1 fully saturated rings. The van der Waals surface area contributed by atoms with Gasteiger partial charge in [0.1, 0.15) is 5.84 Å². The Bertz CT molecular complexity index is 675. The number of rotatable bonds is 7. The summed E-state index contributed by atoms with van der Waals surface area (Å²) in [7, 11) is 1.67. The maximum Gasteiger partial charge on any atom is 0.253 e. The first-order chi connectivity index (χ1) is 12.3. The fourth-order valence-electron chi connectivity index (χ4n) is 2.60. The molecule has 26 heavy (non-hydrogen) atoms. The lowest BCUT2D eigenvalue weighted by atomic mass is 9.98. The van der Waals surface area contributed by atoms with E-state index >= 15 is 0 Å². The van der Waals surface area contributed by atoms with Crippen LogP contribution in [0.4, 0.5) is 5.69 Å². The Kier molecular flexibility index (Phi) is 6.76. The van der Waals surface area contributed by atoms with Gasteiger partial charge < -0.3 is 26.3 Å². The van der Waals surface area contributed by atoms with Gasteiger partial charge >= 0.3 is 0 Å². The van der Waals surface area contributed by atoms with Crippen molar-refractivity contribution >= 4 is 17.4 Å². The third-order valence-corrected chi connectivity index (χ3v) is 4.49. The van der Waals surface area contributed by atoms with Crippen molar-refractivity contribution in [3.63, 3.8) is 0 Å². The van der Waals surface area contributed by atoms with Gasteiger partial charge in [0.15, 0.2) is 0 Å². The molecule has 1 aliphatic rings. The average molecular weight is 360 g/mol. The molecule has 142 valence electrons. The van der Waals surface area contributed by atoms with E-state index in [4.69, 9.17) is 20.9 Å². The number of hydrogen-bond donors (Lipinski definition) is 3. The summed E-state index contributed by atoms with van der Waals surface area (Å²) in [5.41, 5.74) is 12.9. The van der Waals surface area contributed by atoms with Gasteiger partial charge in [-0.05, 0) is 44.4 Å². The molecule has 0 saturated carbocycles. The lowest BCUT2D eigenvalue weighted by Gasteiger charge is -2.23. The third kappa shape index (κ3) is 5.31. The third-order valence-electron chi connectivity index (χ3n) is 4.49. The molecule has 1 aromatic carbocycles. The summed E-state index contributed by atoms with van der Waals surface area (Å²) in [6.07, 6.45) is 3.48. The van der Waals surface area contributed by atoms with Crippen molar-refractivity contribution in [1.82, 2.24) is 5.32 Å². The minimum Gasteiger partial charge on any atom is -0.385 e. The Balaban J connectivity index is 2.14. The van der Waals surface area contributed by atoms with Gasteiger partial charge in [-0.25, -0.2) is 4.99 Å². The van der Waals surface area contributed by atoms with Crippen molar-refractivity contribution in [3.05, 3.63) is 41.6 Å². The highest BCUT2D eigenvalue weighted by Gasteiger charge is 2.19. The largest absolute Gasteiger partial charge is 0.385 e. The summed E-state index contributed by atoms with van der Waals surface area (Å²) in [5, 5.41) is 3.14. The van der Waals surface area contributed by atoms with Crippen LogP contribution in [0.25, 0.3) is 0 Å². The summed E-state index contributed by atoms with van der Waals surface area (Å²) < 4.78 is 10.9. The van der Waals surface area contributed by atoms with Crippen molar-refractivity contribution < 1.29 is 14.3 Å². The van der Waals surface area contributed by atoms with E-state index in [1.807, 2.05) is 38.1 Å². The number of amides is 1. The van der Waals surface area contributed by atoms with Crippen molar-refractivity contribution in [2.24, 2.45) is 16.5 Å². The predicted molar refractivity (Wildman–Crippen MR) is 102 cm³/mol. The highest BCUT2D eigenvalue weighted by atomic mass is 16.5. The number of primary amides is 1. The van der Waals surface area contributed by atoms with Crippen molar-refractivity contribution in [3.8, 4) is 0 Å². The van der Waals surface area contributed by atoms with Crippen LogP contribution in [0.5, 0.6) is 0 Å². The zero-order valence-electron chi connectivity index (χ0n) is 15.6. The second-order valence-corrected chi connectivity index (χ2v) is 6.76. The van der Waals surface area contributed by atoms with Gasteiger partial charge in [-0.1, -0.05) is 12.1 Å². The highest BCUT2D eigenvalue weighted by Crippen LogP contribution is 2.25. The monoisotopic (exact) mass is 360 g/mol. The first-order valence-corrected chi connectivity index (χ1v) is 8.67. The second kappa shape index (κ2) is 8.82. The van der Waals surface area contributed by atoms with Crippen molar-refractivity contribution in [1.29, 1.82) is 0 Å². The van der Waals surface area contributed by atoms with E-state index in [1.165, 1.54) is 6.20 Å². The molecular weight excluding hydrogens is 332 g/mol. The van der Waals surface area contributed by atoms with Gasteiger partial charge in [0.05, 0.1) is 23.5 Å². The smallest absolute Gasteiger partial charge is 0.253 e. The van der Waals surface area contributed by atoms with Crippen molar-refractivity contribution in [2.45, 2.75) is 38.3 Å². The molecule has 0 aromatic heterocycles. The van der Waals surface area contributed by atoms with Crippen LogP contribution in [0.15, 0.2) is 41.0 Å². The molecule has 1 unspecified atom stereocenters. The summed E-state index contributed by atoms with van der Waals surface area (Å²) in [5.74, 6) is -0.562. The van der Waals surface area contributed by atoms with E-state index in [9.17, 15) is 4.79 Å². The van der Waals surface area contributed by atoms with Crippen molar-refractivity contribution in [2.75, 3.05) is 20.3 Å². The standard InChI is InChI=1S/C19H28N4O3/c1-19(2,25-3)13-6-8-14(9-7-13)23-17(20)16(18(21)24)11-22-15-5-4-10-26-12-15/h6-9,11,15,22H,4-5,10,12H2,1-3H3,(H2,20,23)(H2,21,24)/b16-11+. The van der Waals surface area contributed by atoms with Gasteiger partial charge in [0.25, 0.3) is 5.91 Å². The minimum absolute atomic E-state index is 0.0699. The maximum absolute atomic E-state index is 11.7. The van der Waals surface area contributed by atoms with E-state index in [1.54, 1.807) is 7.11 Å². The number of aliphatic imine (C=N–C) groups is 1. The number of carbonyl (C=O) groups is 1. The SMILES string of the molecule is COC(C)(C)c1ccc(N=C(N)/C(=C\NC2CCCOC2)C(N)=O)cc1. The summed E-state index contributed by atoms with van der Waals surface area (Å²) >= 11 is 0. The molecule has 5 N–H and O–H groups in total. The van der Waals surface area contributed by atoms with Crippen LogP contribution in [-0.2, 0) is 19.9 Å². The minimum atomic E-state index is -0.632. The van der Waals surface area contributed by atoms with Crippen LogP contribution < -0.4 is 16.8 Å². The first kappa shape index (κ1) is 19.9. The van der Waals surface area contributed by atoms with Gasteiger partial charge in [-0.3, -0.25) is 4.79 Å². The lowest BCUT2D eigenvalue weighted by molar-refractivity contribution is -0.114. The molecule has 1 aliphatic heterocycles. The maximum atomic E-state index is 11.7. The molecule has 1 aromatic rings. The summed E-state index contributed by atoms with van der Waals surface area (Å²) in [6.45, 7) is 5.32. The highest BCUT2D eigenvalue weighted by molar-refractivity contribution is 6.20. The second-order valence-electron chi connectivity index (χ2n) is 6.76. The van der Waals surface area contributed by atoms with Crippen LogP contribution in [0.3, 0.4) is 0 Å². The van der Waals surface area contributed by atoms with Crippen LogP contribution in [0, 0.1) is 0 Å². The van der Waals surface area contributed by atoms with Crippen LogP contribution >= 0.6 is 0 Å². The van der Waals surface area contributed by atoms with Gasteiger partial charge in [0, 0.05) is 26.0 Å². The van der Waals surface area contributed by atoms with Crippen LogP contribution in [0.1, 0.15) is 32.3 Å². The number of nitrogens with zero attached hydrogens (tertiary/aromatic N) is 1. The predicted octanol–water partition coefficient (Wildman–Crippen LogP) is 1.69. The van der Waals surface area contributed by atoms with Gasteiger partial charge in [-0.2, -0.15) is 0 Å². The molecule has 1 heterocycles. The zero-order valence-corrected chi connectivity index (χ0v) is 15.6. The molecule has 0 spiro atoms. The van der Waals surface area contributed by atoms with E-state index in [2.05, 4.69) is 10.3 Å². The molecule has 0 radical (unpaired) electrons. The Morgan fingerprint density at radius 1 is 1.35 bits per heavy atom. The van der Waals surface area contributed by atoms with Crippen LogP contribution in [-0.4, -0.2) is 38.1 Å². The Labute approximate surface area is 154 Å². The zero-order chi connectivity index (χ0) is 19.2. The molecular formula is C19H28N4O3. The number of nitrogens with one attached hydrogen (secondary N) is 1. The number of benzene rings is 1. The van der Waals surface area contributed by atoms with E-state index in [0.29, 0.717) is 12.3 Å². The summed E-state index contributed by atoms with van der Waals surface area (Å²) in [4.78, 5) is 16.0. The topological polar surface area (TPSA) is 112 Å². The number of methoxy groups -OCH3 is 1. The molecule has 1 saturated heterocycles. The van der Waals surface area contributed by atoms with Gasteiger partial charge in [-0.15, -0.1) is 0 Å². The molecule has 1 atom stereocenters. The number of nitrogens with two attached hydrogens (primary N) is 2. The Morgan fingerprint density at radius 3 is 2.58 bits per heavy atom. The fraction of sp³-hybridized carbons (Fsp3) is 0.474. The van der Waals surface area contributed by atoms with Crippen LogP contribution in [0.2, 0.25) is 0 Å². The lowest BCUT2D eigenvalue weighted by Crippen LogP contribution is -2.36. The molecule has 2 rings (SSSR count). The molecule has 1 amide bonds. The molecule has 7 heteroatoms. The number of ether oxygens (including phenoxy) is 2.